The van der Waals surface area contributed by atoms with Crippen LogP contribution in [0.5, 0.6) is 0 Å². The van der Waals surface area contributed by atoms with Gasteiger partial charge in [-0.05, 0) is 42.7 Å². The van der Waals surface area contributed by atoms with Crippen LogP contribution < -0.4 is 0 Å². The molecule has 0 radical (unpaired) electrons. The summed E-state index contributed by atoms with van der Waals surface area (Å²) in [6, 6.07) is 13.5. The Morgan fingerprint density at radius 3 is 2.56 bits per heavy atom. The first-order valence-corrected chi connectivity index (χ1v) is 11.0. The molecule has 0 aliphatic carbocycles. The Kier molecular flexibility index (Phi) is 6.35. The summed E-state index contributed by atoms with van der Waals surface area (Å²) in [6.45, 7) is 3.11. The standard InChI is InChI=1S/C25H27N3O4/c1-3-32-25(31)17-10-13-28(14-11-17)22(29)16-27(2)24(30)21-15-18-7-4-5-8-19(18)20-9-6-12-26-23(20)21/h4-9,12,15,17H,3,10-11,13-14,16H2,1-2H3. The predicted molar refractivity (Wildman–Crippen MR) is 122 cm³/mol. The fourth-order valence-electron chi connectivity index (χ4n) is 4.30. The van der Waals surface area contributed by atoms with E-state index in [4.69, 9.17) is 4.74 Å². The minimum atomic E-state index is -0.241. The van der Waals surface area contributed by atoms with Gasteiger partial charge in [-0.1, -0.05) is 30.3 Å². The Bertz CT molecular complexity index is 1170. The Labute approximate surface area is 187 Å². The van der Waals surface area contributed by atoms with Crippen LogP contribution in [0.2, 0.25) is 0 Å². The van der Waals surface area contributed by atoms with E-state index in [0.717, 1.165) is 16.2 Å². The van der Waals surface area contributed by atoms with Gasteiger partial charge in [-0.25, -0.2) is 0 Å². The van der Waals surface area contributed by atoms with Crippen molar-refractivity contribution in [2.75, 3.05) is 33.3 Å². The largest absolute Gasteiger partial charge is 0.466 e. The number of amides is 2. The van der Waals surface area contributed by atoms with Crippen LogP contribution in [-0.4, -0.2) is 65.9 Å². The van der Waals surface area contributed by atoms with Crippen molar-refractivity contribution in [1.82, 2.24) is 14.8 Å². The minimum absolute atomic E-state index is 0.0237. The summed E-state index contributed by atoms with van der Waals surface area (Å²) in [4.78, 5) is 45.6. The van der Waals surface area contributed by atoms with Crippen LogP contribution in [0.4, 0.5) is 0 Å². The highest BCUT2D eigenvalue weighted by molar-refractivity contribution is 6.16. The van der Waals surface area contributed by atoms with Crippen LogP contribution in [-0.2, 0) is 14.3 Å². The molecular formula is C25H27N3O4. The number of rotatable bonds is 5. The summed E-state index contributed by atoms with van der Waals surface area (Å²) in [6.07, 6.45) is 2.84. The Morgan fingerprint density at radius 1 is 1.09 bits per heavy atom. The van der Waals surface area contributed by atoms with Gasteiger partial charge in [0.2, 0.25) is 5.91 Å². The second-order valence-electron chi connectivity index (χ2n) is 8.11. The van der Waals surface area contributed by atoms with Gasteiger partial charge < -0.3 is 14.5 Å². The van der Waals surface area contributed by atoms with Crippen molar-refractivity contribution < 1.29 is 19.1 Å². The topological polar surface area (TPSA) is 79.8 Å². The number of fused-ring (bicyclic) bond motifs is 3. The molecule has 7 heteroatoms. The van der Waals surface area contributed by atoms with Crippen LogP contribution in [0.15, 0.2) is 48.7 Å². The van der Waals surface area contributed by atoms with Crippen LogP contribution in [0.3, 0.4) is 0 Å². The van der Waals surface area contributed by atoms with E-state index < -0.39 is 0 Å². The Morgan fingerprint density at radius 2 is 1.81 bits per heavy atom. The second-order valence-corrected chi connectivity index (χ2v) is 8.11. The van der Waals surface area contributed by atoms with Gasteiger partial charge in [-0.15, -0.1) is 0 Å². The number of carbonyl (C=O) groups is 3. The van der Waals surface area contributed by atoms with E-state index >= 15 is 0 Å². The molecular weight excluding hydrogens is 406 g/mol. The van der Waals surface area contributed by atoms with Crippen LogP contribution in [0.1, 0.15) is 30.1 Å². The van der Waals surface area contributed by atoms with Crippen molar-refractivity contribution in [2.45, 2.75) is 19.8 Å². The number of hydrogen-bond acceptors (Lipinski definition) is 5. The number of nitrogens with zero attached hydrogens (tertiary/aromatic N) is 3. The number of likely N-dealkylation sites (N-methyl/N-ethyl adjacent to an activating group) is 1. The molecule has 2 amide bonds. The molecule has 1 aliphatic heterocycles. The lowest BCUT2D eigenvalue weighted by Gasteiger charge is -2.32. The quantitative estimate of drug-likeness (QED) is 0.456. The summed E-state index contributed by atoms with van der Waals surface area (Å²) < 4.78 is 5.09. The Balaban J connectivity index is 1.48. The lowest BCUT2D eigenvalue weighted by Crippen LogP contribution is -2.45. The number of benzene rings is 2. The molecule has 4 rings (SSSR count). The number of ether oxygens (including phenoxy) is 1. The molecule has 2 heterocycles. The highest BCUT2D eigenvalue weighted by Gasteiger charge is 2.29. The molecule has 32 heavy (non-hydrogen) atoms. The molecule has 0 bridgehead atoms. The molecule has 0 spiro atoms. The molecule has 1 saturated heterocycles. The summed E-state index contributed by atoms with van der Waals surface area (Å²) in [5.41, 5.74) is 1.11. The van der Waals surface area contributed by atoms with E-state index in [0.29, 0.717) is 43.6 Å². The molecule has 166 valence electrons. The van der Waals surface area contributed by atoms with Crippen molar-refractivity contribution in [1.29, 1.82) is 0 Å². The second kappa shape index (κ2) is 9.34. The number of piperidine rings is 1. The Hall–Kier alpha value is -3.48. The number of carbonyl (C=O) groups excluding carboxylic acids is 3. The predicted octanol–water partition coefficient (Wildman–Crippen LogP) is 3.26. The molecule has 0 atom stereocenters. The SMILES string of the molecule is CCOC(=O)C1CCN(C(=O)CN(C)C(=O)c2cc3ccccc3c3cccnc23)CC1. The zero-order valence-electron chi connectivity index (χ0n) is 18.4. The van der Waals surface area contributed by atoms with Crippen molar-refractivity contribution in [3.8, 4) is 0 Å². The zero-order valence-corrected chi connectivity index (χ0v) is 18.4. The van der Waals surface area contributed by atoms with Gasteiger partial charge in [-0.3, -0.25) is 19.4 Å². The monoisotopic (exact) mass is 433 g/mol. The lowest BCUT2D eigenvalue weighted by atomic mass is 9.97. The summed E-state index contributed by atoms with van der Waals surface area (Å²) in [5.74, 6) is -0.716. The molecule has 3 aromatic rings. The molecule has 0 unspecified atom stereocenters. The first-order chi connectivity index (χ1) is 15.5. The third-order valence-electron chi connectivity index (χ3n) is 6.03. The summed E-state index contributed by atoms with van der Waals surface area (Å²) >= 11 is 0. The van der Waals surface area contributed by atoms with E-state index in [1.54, 1.807) is 25.1 Å². The molecule has 1 fully saturated rings. The van der Waals surface area contributed by atoms with E-state index in [1.165, 1.54) is 4.90 Å². The van der Waals surface area contributed by atoms with Gasteiger partial charge in [0.15, 0.2) is 0 Å². The normalized spacial score (nSPS) is 14.5. The van der Waals surface area contributed by atoms with Gasteiger partial charge in [0.05, 0.1) is 30.1 Å². The van der Waals surface area contributed by atoms with Crippen molar-refractivity contribution >= 4 is 39.5 Å². The van der Waals surface area contributed by atoms with E-state index in [1.807, 2.05) is 42.5 Å². The highest BCUT2D eigenvalue weighted by atomic mass is 16.5. The maximum absolute atomic E-state index is 13.3. The number of esters is 1. The maximum Gasteiger partial charge on any atom is 0.309 e. The number of aromatic nitrogens is 1. The first-order valence-electron chi connectivity index (χ1n) is 11.0. The average Bonchev–Trinajstić information content (AvgIpc) is 2.83. The molecule has 0 saturated carbocycles. The molecule has 1 aromatic heterocycles. The van der Waals surface area contributed by atoms with E-state index in [-0.39, 0.29) is 30.2 Å². The lowest BCUT2D eigenvalue weighted by molar-refractivity contribution is -0.151. The van der Waals surface area contributed by atoms with Crippen LogP contribution in [0, 0.1) is 5.92 Å². The van der Waals surface area contributed by atoms with Crippen molar-refractivity contribution in [3.05, 3.63) is 54.2 Å². The smallest absolute Gasteiger partial charge is 0.309 e. The highest BCUT2D eigenvalue weighted by Crippen LogP contribution is 2.28. The molecule has 2 aromatic carbocycles. The first kappa shape index (κ1) is 21.7. The number of pyridine rings is 1. The summed E-state index contributed by atoms with van der Waals surface area (Å²) in [7, 11) is 1.63. The molecule has 7 nitrogen and oxygen atoms in total. The average molecular weight is 434 g/mol. The van der Waals surface area contributed by atoms with Crippen LogP contribution in [0.25, 0.3) is 21.7 Å². The van der Waals surface area contributed by atoms with Crippen molar-refractivity contribution in [2.24, 2.45) is 5.92 Å². The summed E-state index contributed by atoms with van der Waals surface area (Å²) in [5, 5.41) is 2.90. The third-order valence-corrected chi connectivity index (χ3v) is 6.03. The zero-order chi connectivity index (χ0) is 22.7. The van der Waals surface area contributed by atoms with E-state index in [2.05, 4.69) is 4.98 Å². The van der Waals surface area contributed by atoms with E-state index in [9.17, 15) is 14.4 Å². The maximum atomic E-state index is 13.3. The third kappa shape index (κ3) is 4.28. The van der Waals surface area contributed by atoms with Gasteiger partial charge in [0.25, 0.3) is 5.91 Å². The van der Waals surface area contributed by atoms with Gasteiger partial charge >= 0.3 is 5.97 Å². The van der Waals surface area contributed by atoms with Gasteiger partial charge in [-0.2, -0.15) is 0 Å². The fraction of sp³-hybridized carbons (Fsp3) is 0.360. The van der Waals surface area contributed by atoms with Crippen LogP contribution >= 0.6 is 0 Å². The van der Waals surface area contributed by atoms with Gasteiger partial charge in [0, 0.05) is 31.7 Å². The van der Waals surface area contributed by atoms with Gasteiger partial charge in [0.1, 0.15) is 0 Å². The van der Waals surface area contributed by atoms with Crippen molar-refractivity contribution in [3.63, 3.8) is 0 Å². The molecule has 1 aliphatic rings. The fourth-order valence-corrected chi connectivity index (χ4v) is 4.30. The number of likely N-dealkylation sites (tertiary alicyclic amines) is 1. The minimum Gasteiger partial charge on any atom is -0.466 e. The molecule has 0 N–H and O–H groups in total. The number of hydrogen-bond donors (Lipinski definition) is 0.